The van der Waals surface area contributed by atoms with Crippen LogP contribution in [-0.4, -0.2) is 9.97 Å². The summed E-state index contributed by atoms with van der Waals surface area (Å²) < 4.78 is 8.78. The van der Waals surface area contributed by atoms with Crippen LogP contribution in [0.3, 0.4) is 0 Å². The summed E-state index contributed by atoms with van der Waals surface area (Å²) >= 11 is 0. The van der Waals surface area contributed by atoms with Crippen molar-refractivity contribution in [1.29, 1.82) is 0 Å². The maximum absolute atomic E-state index is 5.12. The number of rotatable bonds is 10. The fourth-order valence-electron chi connectivity index (χ4n) is 7.16. The molecule has 264 valence electrons. The minimum atomic E-state index is 0.456. The van der Waals surface area contributed by atoms with E-state index in [2.05, 4.69) is 193 Å². The van der Waals surface area contributed by atoms with E-state index in [9.17, 15) is 0 Å². The largest absolute Gasteiger partial charge is 0.242 e. The highest BCUT2D eigenvalue weighted by molar-refractivity contribution is 5.74. The zero-order valence-corrected chi connectivity index (χ0v) is 31.4. The van der Waals surface area contributed by atoms with Crippen LogP contribution in [0.2, 0.25) is 0 Å². The molecule has 0 aliphatic carbocycles. The van der Waals surface area contributed by atoms with Crippen LogP contribution in [0.5, 0.6) is 0 Å². The second-order valence-corrected chi connectivity index (χ2v) is 14.5. The van der Waals surface area contributed by atoms with Gasteiger partial charge in [0, 0.05) is 71.8 Å². The minimum Gasteiger partial charge on any atom is -0.242 e. The lowest BCUT2D eigenvalue weighted by Crippen LogP contribution is -2.38. The first kappa shape index (κ1) is 34.7. The van der Waals surface area contributed by atoms with Gasteiger partial charge in [0.15, 0.2) is 62.7 Å². The molecule has 5 aromatic heterocycles. The van der Waals surface area contributed by atoms with Gasteiger partial charge in [-0.2, -0.15) is 18.3 Å². The van der Waals surface area contributed by atoms with Gasteiger partial charge in [0.1, 0.15) is 11.4 Å². The molecular weight excluding hydrogens is 661 g/mol. The van der Waals surface area contributed by atoms with E-state index in [0.717, 1.165) is 22.4 Å². The smallest absolute Gasteiger partial charge is 0.214 e. The van der Waals surface area contributed by atoms with E-state index in [0.29, 0.717) is 24.9 Å². The summed E-state index contributed by atoms with van der Waals surface area (Å²) in [6.45, 7) is 10.2. The van der Waals surface area contributed by atoms with Gasteiger partial charge >= 0.3 is 0 Å². The van der Waals surface area contributed by atoms with Crippen LogP contribution in [0.15, 0.2) is 171 Å². The van der Waals surface area contributed by atoms with Gasteiger partial charge in [-0.15, -0.1) is 0 Å². The van der Waals surface area contributed by atoms with E-state index in [1.807, 2.05) is 24.3 Å². The van der Waals surface area contributed by atoms with Crippen LogP contribution in [0.4, 0.5) is 0 Å². The number of benzene rings is 3. The van der Waals surface area contributed by atoms with Crippen molar-refractivity contribution in [3.63, 3.8) is 0 Å². The van der Waals surface area contributed by atoms with Crippen LogP contribution in [0, 0.1) is 0 Å². The van der Waals surface area contributed by atoms with E-state index >= 15 is 0 Å². The first-order valence-corrected chi connectivity index (χ1v) is 18.8. The van der Waals surface area contributed by atoms with Gasteiger partial charge in [-0.05, 0) is 46.2 Å². The molecule has 0 unspecified atom stereocenters. The standard InChI is InChI=1S/C48H46N6/c1-35(2)41-11-5-9-15-47(41)53-29-21-39(22-30-53)37-17-25-51(26-18-37)33-45-46(50-44-14-8-7-13-43(44)49-45)34-52-27-19-38(20-28-52)40-23-31-54(32-24-40)48-16-10-6-12-42(48)36(3)4/h5-32,35-36H,33-34H2,1-4H3/q+4. The highest BCUT2D eigenvalue weighted by atomic mass is 15.0. The van der Waals surface area contributed by atoms with Crippen LogP contribution in [0.25, 0.3) is 44.7 Å². The molecular formula is C48H46N6+4. The van der Waals surface area contributed by atoms with Gasteiger partial charge in [0.25, 0.3) is 0 Å². The molecule has 0 saturated carbocycles. The molecule has 6 heteroatoms. The molecule has 0 spiro atoms. The quantitative estimate of drug-likeness (QED) is 0.134. The number of hydrogen-bond acceptors (Lipinski definition) is 2. The van der Waals surface area contributed by atoms with Crippen LogP contribution < -0.4 is 18.3 Å². The molecule has 0 bridgehead atoms. The van der Waals surface area contributed by atoms with Crippen molar-refractivity contribution >= 4 is 11.0 Å². The molecule has 8 rings (SSSR count). The van der Waals surface area contributed by atoms with Crippen molar-refractivity contribution in [2.24, 2.45) is 0 Å². The Morgan fingerprint density at radius 2 is 0.704 bits per heavy atom. The lowest BCUT2D eigenvalue weighted by molar-refractivity contribution is -0.694. The summed E-state index contributed by atoms with van der Waals surface area (Å²) in [5.74, 6) is 0.911. The third-order valence-electron chi connectivity index (χ3n) is 10.2. The highest BCUT2D eigenvalue weighted by Crippen LogP contribution is 2.23. The average Bonchev–Trinajstić information content (AvgIpc) is 3.22. The van der Waals surface area contributed by atoms with Crippen molar-refractivity contribution < 1.29 is 18.3 Å². The molecule has 0 saturated heterocycles. The Hall–Kier alpha value is -6.40. The lowest BCUT2D eigenvalue weighted by atomic mass is 10.0. The molecule has 0 atom stereocenters. The molecule has 54 heavy (non-hydrogen) atoms. The maximum atomic E-state index is 5.12. The minimum absolute atomic E-state index is 0.456. The maximum Gasteiger partial charge on any atom is 0.214 e. The molecule has 0 fully saturated rings. The van der Waals surface area contributed by atoms with Gasteiger partial charge < -0.3 is 0 Å². The van der Waals surface area contributed by atoms with Crippen molar-refractivity contribution in [1.82, 2.24) is 9.97 Å². The predicted molar refractivity (Wildman–Crippen MR) is 213 cm³/mol. The third kappa shape index (κ3) is 7.42. The van der Waals surface area contributed by atoms with Crippen molar-refractivity contribution in [3.05, 3.63) is 193 Å². The Morgan fingerprint density at radius 3 is 1.06 bits per heavy atom. The molecule has 5 heterocycles. The Morgan fingerprint density at radius 1 is 0.389 bits per heavy atom. The number of aromatic nitrogens is 6. The zero-order chi connectivity index (χ0) is 37.0. The highest BCUT2D eigenvalue weighted by Gasteiger charge is 2.19. The van der Waals surface area contributed by atoms with Gasteiger partial charge in [-0.25, -0.2) is 9.97 Å². The molecule has 8 aromatic rings. The summed E-state index contributed by atoms with van der Waals surface area (Å²) in [7, 11) is 0. The number of fused-ring (bicyclic) bond motifs is 1. The molecule has 0 aliphatic rings. The van der Waals surface area contributed by atoms with E-state index in [1.165, 1.54) is 44.8 Å². The Bertz CT molecular complexity index is 2340. The van der Waals surface area contributed by atoms with Crippen molar-refractivity contribution in [2.45, 2.75) is 52.6 Å². The number of hydrogen-bond donors (Lipinski definition) is 0. The van der Waals surface area contributed by atoms with Crippen molar-refractivity contribution in [3.8, 4) is 33.6 Å². The van der Waals surface area contributed by atoms with Crippen molar-refractivity contribution in [2.75, 3.05) is 0 Å². The number of nitrogens with zero attached hydrogens (tertiary/aromatic N) is 6. The summed E-state index contributed by atoms with van der Waals surface area (Å²) in [5, 5.41) is 0. The topological polar surface area (TPSA) is 41.3 Å². The van der Waals surface area contributed by atoms with E-state index in [4.69, 9.17) is 9.97 Å². The molecule has 0 amide bonds. The predicted octanol–water partition coefficient (Wildman–Crippen LogP) is 8.44. The second-order valence-electron chi connectivity index (χ2n) is 14.5. The Balaban J connectivity index is 1.00. The molecule has 0 aliphatic heterocycles. The summed E-state index contributed by atoms with van der Waals surface area (Å²) in [6, 6.07) is 42.8. The lowest BCUT2D eigenvalue weighted by Gasteiger charge is -2.08. The Kier molecular flexibility index (Phi) is 9.82. The monoisotopic (exact) mass is 706 g/mol. The van der Waals surface area contributed by atoms with Crippen LogP contribution in [-0.2, 0) is 13.1 Å². The first-order chi connectivity index (χ1) is 26.4. The summed E-state index contributed by atoms with van der Waals surface area (Å²) in [5.41, 5.74) is 13.6. The van der Waals surface area contributed by atoms with Gasteiger partial charge in [-0.1, -0.05) is 76.2 Å². The second kappa shape index (κ2) is 15.3. The fraction of sp³-hybridized carbons (Fsp3) is 0.167. The molecule has 3 aromatic carbocycles. The normalized spacial score (nSPS) is 11.4. The van der Waals surface area contributed by atoms with Gasteiger partial charge in [-0.3, -0.25) is 0 Å². The summed E-state index contributed by atoms with van der Waals surface area (Å²) in [6.07, 6.45) is 17.2. The number of pyridine rings is 4. The molecule has 6 nitrogen and oxygen atoms in total. The molecule has 0 N–H and O–H groups in total. The third-order valence-corrected chi connectivity index (χ3v) is 10.2. The SMILES string of the molecule is CC(C)c1ccccc1-[n+]1ccc(-c2cc[n+](Cc3nc4ccccc4nc3C[n+]3ccc(-c4cc[n+](-c5ccccc5C(C)C)cc4)cc3)cc2)cc1. The van der Waals surface area contributed by atoms with E-state index in [-0.39, 0.29) is 0 Å². The zero-order valence-electron chi connectivity index (χ0n) is 31.4. The molecule has 0 radical (unpaired) electrons. The number of para-hydroxylation sites is 4. The van der Waals surface area contributed by atoms with Crippen LogP contribution >= 0.6 is 0 Å². The summed E-state index contributed by atoms with van der Waals surface area (Å²) in [4.78, 5) is 10.2. The Labute approximate surface area is 318 Å². The van der Waals surface area contributed by atoms with Gasteiger partial charge in [0.05, 0.1) is 11.0 Å². The average molecular weight is 707 g/mol. The van der Waals surface area contributed by atoms with E-state index < -0.39 is 0 Å². The van der Waals surface area contributed by atoms with Gasteiger partial charge in [0.2, 0.25) is 11.4 Å². The van der Waals surface area contributed by atoms with E-state index in [1.54, 1.807) is 0 Å². The fourth-order valence-corrected chi connectivity index (χ4v) is 7.16. The van der Waals surface area contributed by atoms with Crippen LogP contribution in [0.1, 0.15) is 62.0 Å². The first-order valence-electron chi connectivity index (χ1n) is 18.8.